The Labute approximate surface area is 51.9 Å². The van der Waals surface area contributed by atoms with E-state index in [1.165, 1.54) is 10.9 Å². The van der Waals surface area contributed by atoms with Gasteiger partial charge in [-0.2, -0.15) is 5.10 Å². The van der Waals surface area contributed by atoms with Crippen LogP contribution in [0.5, 0.6) is 0 Å². The maximum Gasteiger partial charge on any atom is 0.113 e. The fraction of sp³-hybridized carbons (Fsp3) is 0.167. The van der Waals surface area contributed by atoms with Crippen LogP contribution in [0.4, 0.5) is 4.39 Å². The van der Waals surface area contributed by atoms with Crippen molar-refractivity contribution in [1.82, 2.24) is 9.78 Å². The molecule has 9 heavy (non-hydrogen) atoms. The Morgan fingerprint density at radius 3 is 2.78 bits per heavy atom. The van der Waals surface area contributed by atoms with Crippen LogP contribution in [0.3, 0.4) is 0 Å². The first-order valence-corrected chi connectivity index (χ1v) is 2.53. The molecular formula is C6H7FN2. The summed E-state index contributed by atoms with van der Waals surface area (Å²) in [4.78, 5) is 0. The summed E-state index contributed by atoms with van der Waals surface area (Å²) in [5, 5.41) is 4.81. The smallest absolute Gasteiger partial charge is 0.113 e. The number of hydrogen-bond donors (Lipinski definition) is 0. The van der Waals surface area contributed by atoms with Gasteiger partial charge in [0.1, 0.15) is 6.33 Å². The molecule has 1 aromatic rings. The second-order valence-electron chi connectivity index (χ2n) is 1.79. The molecule has 0 aromatic carbocycles. The zero-order valence-electron chi connectivity index (χ0n) is 5.13. The van der Waals surface area contributed by atoms with Gasteiger partial charge in [0.2, 0.25) is 0 Å². The molecule has 0 saturated heterocycles. The molecule has 0 saturated carbocycles. The van der Waals surface area contributed by atoms with E-state index in [0.717, 1.165) is 0 Å². The van der Waals surface area contributed by atoms with E-state index in [1.807, 2.05) is 0 Å². The topological polar surface area (TPSA) is 17.8 Å². The van der Waals surface area contributed by atoms with Crippen molar-refractivity contribution in [3.63, 3.8) is 0 Å². The van der Waals surface area contributed by atoms with E-state index in [9.17, 15) is 4.39 Å². The second-order valence-corrected chi connectivity index (χ2v) is 1.79. The molecule has 0 atom stereocenters. The normalized spacial score (nSPS) is 12.4. The van der Waals surface area contributed by atoms with Crippen LogP contribution >= 0.6 is 0 Å². The van der Waals surface area contributed by atoms with Crippen molar-refractivity contribution < 1.29 is 4.39 Å². The lowest BCUT2D eigenvalue weighted by Gasteiger charge is -1.82. The largest absolute Gasteiger partial charge is 0.266 e. The highest BCUT2D eigenvalue weighted by Gasteiger charge is 1.86. The Morgan fingerprint density at radius 2 is 2.56 bits per heavy atom. The molecule has 0 spiro atoms. The molecule has 1 rings (SSSR count). The molecule has 0 amide bonds. The Hall–Kier alpha value is -1.12. The van der Waals surface area contributed by atoms with Gasteiger partial charge in [-0.1, -0.05) is 6.58 Å². The van der Waals surface area contributed by atoms with Crippen LogP contribution in [-0.2, 0) is 7.05 Å². The maximum absolute atomic E-state index is 11.9. The number of hydrogen-bond acceptors (Lipinski definition) is 1. The van der Waals surface area contributed by atoms with Gasteiger partial charge in [-0.15, -0.1) is 0 Å². The summed E-state index contributed by atoms with van der Waals surface area (Å²) in [7, 11) is 1.67. The minimum Gasteiger partial charge on any atom is -0.266 e. The van der Waals surface area contributed by atoms with Crippen molar-refractivity contribution in [1.29, 1.82) is 0 Å². The number of aryl methyl sites for hydroxylation is 1. The molecule has 0 unspecified atom stereocenters. The summed E-state index contributed by atoms with van der Waals surface area (Å²) < 4.78 is 13.3. The average Bonchev–Trinajstić information content (AvgIpc) is 2.12. The molecule has 0 radical (unpaired) electrons. The van der Waals surface area contributed by atoms with E-state index < -0.39 is 0 Å². The highest BCUT2D eigenvalue weighted by molar-refractivity contribution is 5.12. The fourth-order valence-electron chi connectivity index (χ4n) is 0.633. The zero-order chi connectivity index (χ0) is 6.85. The third kappa shape index (κ3) is 0.850. The Kier molecular flexibility index (Phi) is 1.34. The van der Waals surface area contributed by atoms with Crippen LogP contribution in [0.2, 0.25) is 0 Å². The number of aromatic nitrogens is 2. The molecule has 1 aromatic heterocycles. The van der Waals surface area contributed by atoms with Crippen molar-refractivity contribution in [2.75, 3.05) is 0 Å². The van der Waals surface area contributed by atoms with E-state index >= 15 is 0 Å². The number of halogens is 1. The van der Waals surface area contributed by atoms with E-state index in [2.05, 4.69) is 11.7 Å². The highest BCUT2D eigenvalue weighted by Crippen LogP contribution is 1.63. The van der Waals surface area contributed by atoms with E-state index in [-0.39, 0.29) is 0 Å². The van der Waals surface area contributed by atoms with Crippen LogP contribution in [0, 0.1) is 0 Å². The lowest BCUT2D eigenvalue weighted by atomic mass is 10.5. The highest BCUT2D eigenvalue weighted by atomic mass is 19.1. The van der Waals surface area contributed by atoms with Gasteiger partial charge in [-0.3, -0.25) is 4.68 Å². The van der Waals surface area contributed by atoms with Crippen LogP contribution in [-0.4, -0.2) is 9.78 Å². The molecule has 0 N–H and O–H groups in total. The molecule has 0 aliphatic carbocycles. The molecule has 3 heteroatoms. The van der Waals surface area contributed by atoms with Crippen molar-refractivity contribution in [2.24, 2.45) is 7.05 Å². The number of nitrogens with zero attached hydrogens (tertiary/aromatic N) is 2. The summed E-state index contributed by atoms with van der Waals surface area (Å²) >= 11 is 0. The maximum atomic E-state index is 11.9. The standard InChI is InChI=1S/C6H7FN2/c1-5-4-8-9(2)6(5)3-7/h3-4H,1H2,2H3/b6-3-. The minimum atomic E-state index is 0.426. The molecule has 0 fully saturated rings. The van der Waals surface area contributed by atoms with Crippen LogP contribution < -0.4 is 10.6 Å². The second kappa shape index (κ2) is 2.01. The van der Waals surface area contributed by atoms with Gasteiger partial charge < -0.3 is 0 Å². The Balaban J connectivity index is 3.61. The monoisotopic (exact) mass is 126 g/mol. The molecular weight excluding hydrogens is 119 g/mol. The summed E-state index contributed by atoms with van der Waals surface area (Å²) in [6, 6.07) is 0. The van der Waals surface area contributed by atoms with Gasteiger partial charge in [0, 0.05) is 12.3 Å². The van der Waals surface area contributed by atoms with Gasteiger partial charge in [-0.05, 0) is 0 Å². The van der Waals surface area contributed by atoms with Gasteiger partial charge in [0.25, 0.3) is 0 Å². The molecule has 0 aliphatic rings. The zero-order valence-corrected chi connectivity index (χ0v) is 5.13. The van der Waals surface area contributed by atoms with Crippen LogP contribution in [0.15, 0.2) is 6.20 Å². The van der Waals surface area contributed by atoms with Crippen molar-refractivity contribution >= 4 is 12.9 Å². The number of rotatable bonds is 0. The Bertz CT molecular complexity index is 299. The summed E-state index contributed by atoms with van der Waals surface area (Å²) in [6.45, 7) is 3.56. The first-order valence-electron chi connectivity index (χ1n) is 2.53. The minimum absolute atomic E-state index is 0.426. The van der Waals surface area contributed by atoms with E-state index in [1.54, 1.807) is 7.05 Å². The van der Waals surface area contributed by atoms with E-state index in [0.29, 0.717) is 16.9 Å². The summed E-state index contributed by atoms with van der Waals surface area (Å²) in [6.07, 6.45) is 2.01. The lowest BCUT2D eigenvalue weighted by Crippen LogP contribution is -2.25. The first-order chi connectivity index (χ1) is 4.25. The van der Waals surface area contributed by atoms with Gasteiger partial charge in [0.05, 0.1) is 11.5 Å². The predicted molar refractivity (Wildman–Crippen MR) is 33.6 cm³/mol. The molecule has 1 heterocycles. The Morgan fingerprint density at radius 1 is 1.89 bits per heavy atom. The van der Waals surface area contributed by atoms with E-state index in [4.69, 9.17) is 0 Å². The molecule has 0 aliphatic heterocycles. The van der Waals surface area contributed by atoms with Gasteiger partial charge in [-0.25, -0.2) is 4.39 Å². The molecule has 2 nitrogen and oxygen atoms in total. The summed E-state index contributed by atoms with van der Waals surface area (Å²) in [5.74, 6) is 0. The van der Waals surface area contributed by atoms with Crippen LogP contribution in [0.1, 0.15) is 0 Å². The third-order valence-corrected chi connectivity index (χ3v) is 1.17. The van der Waals surface area contributed by atoms with Crippen molar-refractivity contribution in [3.8, 4) is 0 Å². The van der Waals surface area contributed by atoms with Gasteiger partial charge >= 0.3 is 0 Å². The lowest BCUT2D eigenvalue weighted by molar-refractivity contribution is 0.714. The SMILES string of the molecule is C=c1cnn(C)/c1=C\F. The fourth-order valence-corrected chi connectivity index (χ4v) is 0.633. The molecule has 0 bridgehead atoms. The van der Waals surface area contributed by atoms with Crippen molar-refractivity contribution in [2.45, 2.75) is 0 Å². The predicted octanol–water partition coefficient (Wildman–Crippen LogP) is -0.462. The van der Waals surface area contributed by atoms with Crippen molar-refractivity contribution in [3.05, 3.63) is 16.8 Å². The van der Waals surface area contributed by atoms with Gasteiger partial charge in [0.15, 0.2) is 0 Å². The first kappa shape index (κ1) is 6.01. The third-order valence-electron chi connectivity index (χ3n) is 1.17. The summed E-state index contributed by atoms with van der Waals surface area (Å²) in [5.41, 5.74) is 0. The quantitative estimate of drug-likeness (QED) is 0.460. The average molecular weight is 126 g/mol. The molecule has 48 valence electrons. The van der Waals surface area contributed by atoms with Crippen LogP contribution in [0.25, 0.3) is 12.9 Å².